The van der Waals surface area contributed by atoms with Gasteiger partial charge in [-0.3, -0.25) is 9.59 Å². The molecule has 1 N–H and O–H groups in total. The Hall–Kier alpha value is -1.40. The third-order valence-electron chi connectivity index (χ3n) is 6.19. The Bertz CT molecular complexity index is 641. The highest BCUT2D eigenvalue weighted by molar-refractivity contribution is 7.09. The van der Waals surface area contributed by atoms with Crippen molar-refractivity contribution in [2.24, 2.45) is 23.7 Å². The van der Waals surface area contributed by atoms with Crippen molar-refractivity contribution < 1.29 is 14.3 Å². The van der Waals surface area contributed by atoms with Crippen molar-refractivity contribution in [2.45, 2.75) is 45.3 Å². The van der Waals surface area contributed by atoms with Gasteiger partial charge in [0.15, 0.2) is 0 Å². The second-order valence-electron chi connectivity index (χ2n) is 8.21. The van der Waals surface area contributed by atoms with Gasteiger partial charge in [0.25, 0.3) is 0 Å². The molecule has 0 aromatic carbocycles. The lowest BCUT2D eigenvalue weighted by Gasteiger charge is -2.45. The van der Waals surface area contributed by atoms with E-state index in [-0.39, 0.29) is 29.8 Å². The molecule has 142 valence electrons. The van der Waals surface area contributed by atoms with Crippen LogP contribution in [0.3, 0.4) is 0 Å². The van der Waals surface area contributed by atoms with Crippen LogP contribution >= 0.6 is 11.3 Å². The molecule has 3 fully saturated rings. The van der Waals surface area contributed by atoms with E-state index in [0.717, 1.165) is 43.6 Å². The number of hydrogen-bond acceptors (Lipinski definition) is 4. The van der Waals surface area contributed by atoms with Gasteiger partial charge in [0.05, 0.1) is 25.2 Å². The number of rotatable bonds is 4. The van der Waals surface area contributed by atoms with E-state index in [1.165, 1.54) is 0 Å². The minimum atomic E-state index is -0.102. The maximum atomic E-state index is 12.7. The fourth-order valence-electron chi connectivity index (χ4n) is 4.61. The highest BCUT2D eigenvalue weighted by Crippen LogP contribution is 2.37. The van der Waals surface area contributed by atoms with Gasteiger partial charge in [0.2, 0.25) is 11.8 Å². The van der Waals surface area contributed by atoms with Crippen LogP contribution in [-0.2, 0) is 20.9 Å². The van der Waals surface area contributed by atoms with Gasteiger partial charge < -0.3 is 15.0 Å². The molecule has 2 saturated heterocycles. The highest BCUT2D eigenvalue weighted by atomic mass is 32.1. The number of ether oxygens (including phenoxy) is 1. The summed E-state index contributed by atoms with van der Waals surface area (Å²) in [5.41, 5.74) is 0. The van der Waals surface area contributed by atoms with Gasteiger partial charge in [-0.25, -0.2) is 0 Å². The van der Waals surface area contributed by atoms with Crippen molar-refractivity contribution >= 4 is 23.2 Å². The number of piperidine rings is 1. The Morgan fingerprint density at radius 1 is 1.31 bits per heavy atom. The average molecular weight is 377 g/mol. The van der Waals surface area contributed by atoms with Gasteiger partial charge >= 0.3 is 0 Å². The first-order valence-corrected chi connectivity index (χ1v) is 10.7. The van der Waals surface area contributed by atoms with E-state index in [4.69, 9.17) is 4.74 Å². The van der Waals surface area contributed by atoms with Gasteiger partial charge in [-0.1, -0.05) is 13.0 Å². The van der Waals surface area contributed by atoms with Crippen LogP contribution in [0.5, 0.6) is 0 Å². The van der Waals surface area contributed by atoms with Crippen molar-refractivity contribution in [3.05, 3.63) is 22.4 Å². The summed E-state index contributed by atoms with van der Waals surface area (Å²) in [6, 6.07) is 4.03. The van der Waals surface area contributed by atoms with Crippen molar-refractivity contribution in [1.29, 1.82) is 0 Å². The molecule has 6 heteroatoms. The van der Waals surface area contributed by atoms with Crippen molar-refractivity contribution in [1.82, 2.24) is 10.2 Å². The number of likely N-dealkylation sites (tertiary alicyclic amines) is 1. The van der Waals surface area contributed by atoms with Crippen molar-refractivity contribution in [2.75, 3.05) is 19.7 Å². The molecular weight excluding hydrogens is 348 g/mol. The number of thiophene rings is 1. The predicted octanol–water partition coefficient (Wildman–Crippen LogP) is 2.66. The molecule has 5 nitrogen and oxygen atoms in total. The highest BCUT2D eigenvalue weighted by Gasteiger charge is 2.41. The maximum absolute atomic E-state index is 12.7. The van der Waals surface area contributed by atoms with Crippen LogP contribution in [0, 0.1) is 23.7 Å². The molecule has 0 unspecified atom stereocenters. The Labute approximate surface area is 159 Å². The summed E-state index contributed by atoms with van der Waals surface area (Å²) in [5, 5.41) is 5.06. The summed E-state index contributed by atoms with van der Waals surface area (Å²) < 4.78 is 6.00. The first kappa shape index (κ1) is 18.0. The molecule has 3 atom stereocenters. The fraction of sp³-hybridized carbons (Fsp3) is 0.700. The minimum absolute atomic E-state index is 0.0770. The molecule has 1 aliphatic carbocycles. The average Bonchev–Trinajstić information content (AvgIpc) is 3.15. The number of nitrogens with one attached hydrogen (secondary N) is 1. The van der Waals surface area contributed by atoms with Gasteiger partial charge in [-0.05, 0) is 43.0 Å². The van der Waals surface area contributed by atoms with E-state index in [1.54, 1.807) is 11.3 Å². The first-order valence-electron chi connectivity index (χ1n) is 9.80. The maximum Gasteiger partial charge on any atom is 0.225 e. The normalized spacial score (nSPS) is 33.9. The minimum Gasteiger partial charge on any atom is -0.377 e. The lowest BCUT2D eigenvalue weighted by atomic mass is 9.74. The van der Waals surface area contributed by atoms with Gasteiger partial charge in [-0.2, -0.15) is 0 Å². The zero-order valence-corrected chi connectivity index (χ0v) is 16.2. The third kappa shape index (κ3) is 3.81. The number of amides is 2. The Kier molecular flexibility index (Phi) is 5.32. The van der Waals surface area contributed by atoms with E-state index >= 15 is 0 Å². The molecule has 4 rings (SSSR count). The second kappa shape index (κ2) is 7.69. The van der Waals surface area contributed by atoms with Crippen molar-refractivity contribution in [3.8, 4) is 0 Å². The molecule has 3 aliphatic rings. The number of carbonyl (C=O) groups is 2. The summed E-state index contributed by atoms with van der Waals surface area (Å²) in [6.07, 6.45) is 4.01. The summed E-state index contributed by atoms with van der Waals surface area (Å²) >= 11 is 1.65. The summed E-state index contributed by atoms with van der Waals surface area (Å²) in [6.45, 7) is 4.87. The Morgan fingerprint density at radius 3 is 2.88 bits per heavy atom. The van der Waals surface area contributed by atoms with Crippen LogP contribution in [0.4, 0.5) is 0 Å². The number of fused-ring (bicyclic) bond motifs is 1. The quantitative estimate of drug-likeness (QED) is 0.879. The molecule has 0 bridgehead atoms. The third-order valence-corrected chi connectivity index (χ3v) is 7.06. The van der Waals surface area contributed by atoms with Gasteiger partial charge in [-0.15, -0.1) is 11.3 Å². The molecule has 1 saturated carbocycles. The molecule has 2 aliphatic heterocycles. The molecule has 0 spiro atoms. The van der Waals surface area contributed by atoms with E-state index in [2.05, 4.69) is 12.2 Å². The Morgan fingerprint density at radius 2 is 2.15 bits per heavy atom. The molecule has 2 amide bonds. The van der Waals surface area contributed by atoms with E-state index < -0.39 is 0 Å². The van der Waals surface area contributed by atoms with E-state index in [9.17, 15) is 9.59 Å². The van der Waals surface area contributed by atoms with E-state index in [1.807, 2.05) is 22.4 Å². The zero-order chi connectivity index (χ0) is 18.1. The molecule has 1 aromatic rings. The monoisotopic (exact) mass is 376 g/mol. The first-order chi connectivity index (χ1) is 12.6. The second-order valence-corrected chi connectivity index (χ2v) is 9.24. The van der Waals surface area contributed by atoms with Crippen LogP contribution < -0.4 is 5.32 Å². The lowest BCUT2D eigenvalue weighted by molar-refractivity contribution is -0.151. The SMILES string of the molecule is CC1CC(C(=O)N2CC[C@H]3OC[C@@H](C(=O)NCc4cccs4)C[C@H]3C2)C1. The van der Waals surface area contributed by atoms with E-state index in [0.29, 0.717) is 25.0 Å². The number of hydrogen-bond donors (Lipinski definition) is 1. The summed E-state index contributed by atoms with van der Waals surface area (Å²) in [4.78, 5) is 28.4. The van der Waals surface area contributed by atoms with Crippen molar-refractivity contribution in [3.63, 3.8) is 0 Å². The standard InChI is InChI=1S/C20H28N2O3S/c1-13-7-14(8-13)20(24)22-5-4-18-15(11-22)9-16(12-25-18)19(23)21-10-17-3-2-6-26-17/h2-3,6,13-16,18H,4-5,7-12H2,1H3,(H,21,23)/t13?,14?,15-,16-,18+/m0/s1. The van der Waals surface area contributed by atoms with Crippen LogP contribution in [0.15, 0.2) is 17.5 Å². The zero-order valence-electron chi connectivity index (χ0n) is 15.4. The van der Waals surface area contributed by atoms with Crippen LogP contribution in [0.2, 0.25) is 0 Å². The van der Waals surface area contributed by atoms with Crippen LogP contribution in [0.25, 0.3) is 0 Å². The molecular formula is C20H28N2O3S. The predicted molar refractivity (Wildman–Crippen MR) is 101 cm³/mol. The van der Waals surface area contributed by atoms with Gasteiger partial charge in [0.1, 0.15) is 0 Å². The smallest absolute Gasteiger partial charge is 0.225 e. The fourth-order valence-corrected chi connectivity index (χ4v) is 5.25. The number of nitrogens with zero attached hydrogens (tertiary/aromatic N) is 1. The largest absolute Gasteiger partial charge is 0.377 e. The van der Waals surface area contributed by atoms with Crippen LogP contribution in [-0.4, -0.2) is 42.5 Å². The summed E-state index contributed by atoms with van der Waals surface area (Å²) in [7, 11) is 0. The summed E-state index contributed by atoms with van der Waals surface area (Å²) in [5.74, 6) is 1.51. The lowest BCUT2D eigenvalue weighted by Crippen LogP contribution is -2.53. The molecule has 0 radical (unpaired) electrons. The molecule has 26 heavy (non-hydrogen) atoms. The number of carbonyl (C=O) groups excluding carboxylic acids is 2. The van der Waals surface area contributed by atoms with Gasteiger partial charge in [0, 0.05) is 29.8 Å². The van der Waals surface area contributed by atoms with Crippen LogP contribution in [0.1, 0.15) is 37.5 Å². The molecule has 1 aromatic heterocycles. The topological polar surface area (TPSA) is 58.6 Å². The molecule has 3 heterocycles. The Balaban J connectivity index is 1.29.